The molecule has 0 aromatic heterocycles. The van der Waals surface area contributed by atoms with E-state index in [0.717, 1.165) is 33.8 Å². The number of anilines is 1. The topological polar surface area (TPSA) is 147 Å². The Morgan fingerprint density at radius 3 is 2.29 bits per heavy atom. The summed E-state index contributed by atoms with van der Waals surface area (Å²) in [6, 6.07) is 15.3. The van der Waals surface area contributed by atoms with Gasteiger partial charge >= 0.3 is 5.97 Å². The predicted molar refractivity (Wildman–Crippen MR) is 175 cm³/mol. The van der Waals surface area contributed by atoms with E-state index in [1.165, 1.54) is 0 Å². The predicted octanol–water partition coefficient (Wildman–Crippen LogP) is 4.05. The first-order chi connectivity index (χ1) is 23.4. The average molecular weight is 662 g/mol. The number of hydrogen-bond donors (Lipinski definition) is 2. The molecule has 13 heteroatoms. The van der Waals surface area contributed by atoms with Gasteiger partial charge in [-0.3, -0.25) is 14.6 Å². The van der Waals surface area contributed by atoms with Crippen LogP contribution in [0.5, 0.6) is 34.5 Å². The minimum absolute atomic E-state index is 0.0722. The van der Waals surface area contributed by atoms with Gasteiger partial charge in [-0.25, -0.2) is 0 Å². The fourth-order valence-electron chi connectivity index (χ4n) is 6.60. The molecular weight excluding hydrogens is 622 g/mol. The summed E-state index contributed by atoms with van der Waals surface area (Å²) in [4.78, 5) is 25.2. The van der Waals surface area contributed by atoms with E-state index in [-0.39, 0.29) is 31.6 Å². The maximum absolute atomic E-state index is 14.4. The van der Waals surface area contributed by atoms with Crippen molar-refractivity contribution in [2.24, 2.45) is 16.9 Å². The number of hydrazone groups is 1. The van der Waals surface area contributed by atoms with Crippen molar-refractivity contribution in [2.75, 3.05) is 66.5 Å². The number of carboxylic acids is 1. The fourth-order valence-corrected chi connectivity index (χ4v) is 6.60. The third kappa shape index (κ3) is 6.37. The van der Waals surface area contributed by atoms with E-state index >= 15 is 0 Å². The van der Waals surface area contributed by atoms with Crippen molar-refractivity contribution in [3.8, 4) is 34.5 Å². The summed E-state index contributed by atoms with van der Waals surface area (Å²) < 4.78 is 39.5. The molecule has 13 nitrogen and oxygen atoms in total. The second-order valence-corrected chi connectivity index (χ2v) is 11.5. The Hall–Kier alpha value is -5.17. The number of amides is 1. The van der Waals surface area contributed by atoms with Crippen LogP contribution >= 0.6 is 0 Å². The second-order valence-electron chi connectivity index (χ2n) is 11.5. The molecule has 3 aromatic carbocycles. The Labute approximate surface area is 278 Å². The van der Waals surface area contributed by atoms with Crippen LogP contribution < -0.4 is 38.7 Å². The highest BCUT2D eigenvalue weighted by Crippen LogP contribution is 2.52. The number of hydrogen-bond acceptors (Lipinski definition) is 11. The van der Waals surface area contributed by atoms with E-state index in [4.69, 9.17) is 43.4 Å². The molecule has 3 aromatic rings. The van der Waals surface area contributed by atoms with E-state index in [0.29, 0.717) is 54.9 Å². The lowest BCUT2D eigenvalue weighted by molar-refractivity contribution is -0.138. The first-order valence-corrected chi connectivity index (χ1v) is 15.7. The van der Waals surface area contributed by atoms with Crippen LogP contribution in [0.4, 0.5) is 5.69 Å². The van der Waals surface area contributed by atoms with Crippen LogP contribution in [-0.4, -0.2) is 84.2 Å². The Kier molecular flexibility index (Phi) is 9.76. The van der Waals surface area contributed by atoms with Crippen molar-refractivity contribution < 1.29 is 47.9 Å². The van der Waals surface area contributed by atoms with Crippen molar-refractivity contribution in [3.05, 3.63) is 65.2 Å². The number of nitrogens with one attached hydrogen (secondary N) is 1. The second kappa shape index (κ2) is 14.3. The Morgan fingerprint density at radius 1 is 0.938 bits per heavy atom. The summed E-state index contributed by atoms with van der Waals surface area (Å²) in [5.74, 6) is 0.878. The fraction of sp³-hybridized carbons (Fsp3) is 0.400. The summed E-state index contributed by atoms with van der Waals surface area (Å²) in [5, 5.41) is 19.0. The number of carboxylic acid groups (broad SMARTS) is 1. The van der Waals surface area contributed by atoms with Gasteiger partial charge in [0.2, 0.25) is 18.4 Å². The molecule has 0 unspecified atom stereocenters. The van der Waals surface area contributed by atoms with E-state index in [2.05, 4.69) is 5.32 Å². The lowest BCUT2D eigenvalue weighted by Gasteiger charge is -2.38. The Bertz CT molecular complexity index is 1670. The van der Waals surface area contributed by atoms with Gasteiger partial charge < -0.3 is 43.6 Å². The zero-order valence-corrected chi connectivity index (χ0v) is 27.3. The molecular formula is C35H39N3O10. The van der Waals surface area contributed by atoms with Crippen molar-refractivity contribution >= 4 is 23.3 Å². The molecule has 1 aliphatic carbocycles. The maximum Gasteiger partial charge on any atom is 0.305 e. The first-order valence-electron chi connectivity index (χ1n) is 15.7. The molecule has 0 fully saturated rings. The van der Waals surface area contributed by atoms with Crippen LogP contribution in [0, 0.1) is 11.8 Å². The van der Waals surface area contributed by atoms with Gasteiger partial charge in [-0.15, -0.1) is 0 Å². The molecule has 2 aliphatic heterocycles. The number of aliphatic carboxylic acids is 1. The molecule has 254 valence electrons. The van der Waals surface area contributed by atoms with E-state index < -0.39 is 17.8 Å². The monoisotopic (exact) mass is 661 g/mol. The average Bonchev–Trinajstić information content (AvgIpc) is 3.76. The number of carbonyl (C=O) groups is 2. The van der Waals surface area contributed by atoms with Gasteiger partial charge in [0.15, 0.2) is 23.0 Å². The van der Waals surface area contributed by atoms with Crippen molar-refractivity contribution in [1.29, 1.82) is 0 Å². The van der Waals surface area contributed by atoms with Gasteiger partial charge in [0.1, 0.15) is 5.75 Å². The minimum atomic E-state index is -0.918. The molecule has 0 saturated carbocycles. The van der Waals surface area contributed by atoms with Gasteiger partial charge in [0.05, 0.1) is 65.3 Å². The van der Waals surface area contributed by atoms with Crippen molar-refractivity contribution in [3.63, 3.8) is 0 Å². The highest BCUT2D eigenvalue weighted by molar-refractivity contribution is 6.10. The molecule has 48 heavy (non-hydrogen) atoms. The highest BCUT2D eigenvalue weighted by Gasteiger charge is 2.49. The number of fused-ring (bicyclic) bond motifs is 4. The van der Waals surface area contributed by atoms with Crippen LogP contribution in [0.3, 0.4) is 0 Å². The van der Waals surface area contributed by atoms with Crippen LogP contribution in [0.15, 0.2) is 53.6 Å². The smallest absolute Gasteiger partial charge is 0.305 e. The molecule has 0 spiro atoms. The molecule has 1 amide bonds. The van der Waals surface area contributed by atoms with Crippen LogP contribution in [0.1, 0.15) is 35.4 Å². The molecule has 3 aliphatic rings. The SMILES string of the molecule is COc1ccc(N2C[C@@H]3C(=N2)c2cc4c(cc2[C@@H](c2cc(OC)c(OC)c(OC)c2)[C@H]3C(=O)NCCCOCCC(=O)O)OCO4)cc1. The van der Waals surface area contributed by atoms with Crippen molar-refractivity contribution in [1.82, 2.24) is 5.32 Å². The third-order valence-corrected chi connectivity index (χ3v) is 8.84. The van der Waals surface area contributed by atoms with Gasteiger partial charge in [-0.05, 0) is 66.1 Å². The Balaban J connectivity index is 1.42. The van der Waals surface area contributed by atoms with Crippen LogP contribution in [0.25, 0.3) is 0 Å². The molecule has 3 atom stereocenters. The van der Waals surface area contributed by atoms with E-state index in [9.17, 15) is 9.59 Å². The van der Waals surface area contributed by atoms with Gasteiger partial charge in [0, 0.05) is 30.6 Å². The lowest BCUT2D eigenvalue weighted by atomic mass is 9.65. The summed E-state index contributed by atoms with van der Waals surface area (Å²) in [7, 11) is 6.29. The van der Waals surface area contributed by atoms with Crippen LogP contribution in [0.2, 0.25) is 0 Å². The normalized spacial score (nSPS) is 18.8. The molecule has 0 radical (unpaired) electrons. The van der Waals surface area contributed by atoms with Crippen molar-refractivity contribution in [2.45, 2.75) is 18.8 Å². The summed E-state index contributed by atoms with van der Waals surface area (Å²) >= 11 is 0. The van der Waals surface area contributed by atoms with E-state index in [1.807, 2.05) is 53.5 Å². The first kappa shape index (κ1) is 32.8. The summed E-state index contributed by atoms with van der Waals surface area (Å²) in [6.07, 6.45) is 0.447. The maximum atomic E-state index is 14.4. The number of nitrogens with zero attached hydrogens (tertiary/aromatic N) is 2. The Morgan fingerprint density at radius 2 is 1.65 bits per heavy atom. The number of benzene rings is 3. The molecule has 6 rings (SSSR count). The van der Waals surface area contributed by atoms with Gasteiger partial charge in [-0.1, -0.05) is 0 Å². The standard InChI is InChI=1S/C35H39N3O10/c1-42-22-8-6-21(7-9-22)38-18-25-32(35(41)36-11-5-12-46-13-10-30(39)40)31(20-14-28(43-2)34(45-4)29(15-20)44-3)23-16-26-27(48-19-47-26)17-24(23)33(25)37-38/h6-9,14-17,25,31-32H,5,10-13,18-19H2,1-4H3,(H,36,41)(H,39,40)/t25-,31+,32-/m0/s1. The number of carbonyl (C=O) groups excluding carboxylic acids is 1. The van der Waals surface area contributed by atoms with E-state index in [1.54, 1.807) is 28.4 Å². The molecule has 2 heterocycles. The molecule has 2 N–H and O–H groups in total. The molecule has 0 saturated heterocycles. The number of methoxy groups -OCH3 is 4. The number of rotatable bonds is 14. The number of ether oxygens (including phenoxy) is 7. The quantitative estimate of drug-likeness (QED) is 0.241. The zero-order chi connectivity index (χ0) is 33.8. The summed E-state index contributed by atoms with van der Waals surface area (Å²) in [6.45, 7) is 1.33. The van der Waals surface area contributed by atoms with Gasteiger partial charge in [0.25, 0.3) is 0 Å². The highest BCUT2D eigenvalue weighted by atomic mass is 16.7. The lowest BCUT2D eigenvalue weighted by Crippen LogP contribution is -2.46. The summed E-state index contributed by atoms with van der Waals surface area (Å²) in [5.41, 5.74) is 4.16. The zero-order valence-electron chi connectivity index (χ0n) is 27.3. The van der Waals surface area contributed by atoms with Crippen LogP contribution in [-0.2, 0) is 14.3 Å². The minimum Gasteiger partial charge on any atom is -0.497 e. The third-order valence-electron chi connectivity index (χ3n) is 8.84. The van der Waals surface area contributed by atoms with Gasteiger partial charge in [-0.2, -0.15) is 5.10 Å². The molecule has 0 bridgehead atoms. The largest absolute Gasteiger partial charge is 0.497 e.